The van der Waals surface area contributed by atoms with E-state index in [4.69, 9.17) is 9.47 Å². The second-order valence-corrected chi connectivity index (χ2v) is 3.82. The lowest BCUT2D eigenvalue weighted by molar-refractivity contribution is 0.0580. The van der Waals surface area contributed by atoms with Crippen LogP contribution < -0.4 is 4.74 Å². The number of rotatable bonds is 5. The summed E-state index contributed by atoms with van der Waals surface area (Å²) in [6.45, 7) is 3.40. The predicted molar refractivity (Wildman–Crippen MR) is 61.7 cm³/mol. The minimum Gasteiger partial charge on any atom is -0.507 e. The summed E-state index contributed by atoms with van der Waals surface area (Å²) in [5.74, 6) is -0.837. The highest BCUT2D eigenvalue weighted by Crippen LogP contribution is 2.32. The number of ether oxygens (including phenoxy) is 2. The van der Waals surface area contributed by atoms with E-state index in [1.54, 1.807) is 13.8 Å². The van der Waals surface area contributed by atoms with Crippen LogP contribution in [0.25, 0.3) is 0 Å². The first-order valence-electron chi connectivity index (χ1n) is 5.20. The Morgan fingerprint density at radius 2 is 1.82 bits per heavy atom. The molecule has 5 nitrogen and oxygen atoms in total. The Morgan fingerprint density at radius 1 is 1.29 bits per heavy atom. The summed E-state index contributed by atoms with van der Waals surface area (Å²) in [4.78, 5) is 11.7. The maximum atomic E-state index is 11.7. The number of hydrogen-bond donors (Lipinski definition) is 2. The van der Waals surface area contributed by atoms with Gasteiger partial charge in [-0.05, 0) is 13.8 Å². The molecule has 0 amide bonds. The van der Waals surface area contributed by atoms with Crippen LogP contribution in [0.2, 0.25) is 0 Å². The van der Waals surface area contributed by atoms with Gasteiger partial charge < -0.3 is 19.7 Å². The largest absolute Gasteiger partial charge is 0.507 e. The third kappa shape index (κ3) is 3.35. The lowest BCUT2D eigenvalue weighted by atomic mass is 10.1. The highest BCUT2D eigenvalue weighted by Gasteiger charge is 2.18. The molecule has 1 rings (SSSR count). The van der Waals surface area contributed by atoms with Gasteiger partial charge >= 0.3 is 0 Å². The molecule has 1 aromatic carbocycles. The first kappa shape index (κ1) is 13.3. The predicted octanol–water partition coefficient (Wildman–Crippen LogP) is 1.71. The summed E-state index contributed by atoms with van der Waals surface area (Å²) in [5, 5.41) is 19.2. The number of methoxy groups -OCH3 is 1. The van der Waals surface area contributed by atoms with Crippen molar-refractivity contribution >= 4 is 5.78 Å². The van der Waals surface area contributed by atoms with Crippen LogP contribution in [0.4, 0.5) is 0 Å². The molecule has 0 saturated heterocycles. The maximum absolute atomic E-state index is 11.7. The van der Waals surface area contributed by atoms with Crippen molar-refractivity contribution in [2.24, 2.45) is 0 Å². The normalized spacial score (nSPS) is 10.6. The summed E-state index contributed by atoms with van der Waals surface area (Å²) in [6.07, 6.45) is -0.0958. The molecular weight excluding hydrogens is 224 g/mol. The van der Waals surface area contributed by atoms with Crippen LogP contribution in [-0.4, -0.2) is 35.8 Å². The van der Waals surface area contributed by atoms with Crippen molar-refractivity contribution < 1.29 is 24.5 Å². The molecule has 0 aromatic heterocycles. The van der Waals surface area contributed by atoms with Gasteiger partial charge in [-0.2, -0.15) is 0 Å². The Morgan fingerprint density at radius 3 is 2.24 bits per heavy atom. The quantitative estimate of drug-likeness (QED) is 0.766. The Labute approximate surface area is 99.6 Å². The number of carbonyl (C=O) groups is 1. The Balaban J connectivity index is 2.94. The molecule has 2 N–H and O–H groups in total. The van der Waals surface area contributed by atoms with Gasteiger partial charge in [0.05, 0.1) is 13.2 Å². The molecule has 0 fully saturated rings. The zero-order valence-corrected chi connectivity index (χ0v) is 10.1. The van der Waals surface area contributed by atoms with E-state index >= 15 is 0 Å². The summed E-state index contributed by atoms with van der Waals surface area (Å²) in [5.41, 5.74) is -0.147. The van der Waals surface area contributed by atoms with Crippen molar-refractivity contribution in [2.75, 3.05) is 13.7 Å². The Hall–Kier alpha value is -1.75. The van der Waals surface area contributed by atoms with Gasteiger partial charge in [0.15, 0.2) is 5.78 Å². The van der Waals surface area contributed by atoms with Gasteiger partial charge in [0.2, 0.25) is 0 Å². The fourth-order valence-electron chi connectivity index (χ4n) is 1.30. The molecule has 0 spiro atoms. The molecule has 17 heavy (non-hydrogen) atoms. The number of Topliss-reactive ketones (excluding diaryl/α,β-unsaturated/α-hetero) is 1. The molecule has 0 heterocycles. The standard InChI is InChI=1S/C12H16O5/c1-7(2)17-6-11(15)12-9(13)4-8(16-3)5-10(12)14/h4-5,7,13-14H,6H2,1-3H3. The van der Waals surface area contributed by atoms with Crippen LogP contribution in [0.3, 0.4) is 0 Å². The molecule has 0 saturated carbocycles. The van der Waals surface area contributed by atoms with Gasteiger partial charge in [-0.1, -0.05) is 0 Å². The van der Waals surface area contributed by atoms with E-state index in [2.05, 4.69) is 0 Å². The zero-order chi connectivity index (χ0) is 13.0. The van der Waals surface area contributed by atoms with Gasteiger partial charge in [-0.15, -0.1) is 0 Å². The summed E-state index contributed by atoms with van der Waals surface area (Å²) < 4.78 is 9.97. The second-order valence-electron chi connectivity index (χ2n) is 3.82. The summed E-state index contributed by atoms with van der Waals surface area (Å²) in [6, 6.07) is 2.53. The van der Waals surface area contributed by atoms with Gasteiger partial charge in [0.25, 0.3) is 0 Å². The lowest BCUT2D eigenvalue weighted by Crippen LogP contribution is -2.13. The number of hydrogen-bond acceptors (Lipinski definition) is 5. The van der Waals surface area contributed by atoms with Crippen LogP contribution in [-0.2, 0) is 4.74 Å². The molecule has 1 aromatic rings. The average molecular weight is 240 g/mol. The number of phenolic OH excluding ortho intramolecular Hbond substituents is 2. The number of aromatic hydroxyl groups is 2. The molecule has 94 valence electrons. The van der Waals surface area contributed by atoms with Crippen LogP contribution in [0.5, 0.6) is 17.2 Å². The van der Waals surface area contributed by atoms with Crippen molar-refractivity contribution in [2.45, 2.75) is 20.0 Å². The van der Waals surface area contributed by atoms with Crippen molar-refractivity contribution in [1.82, 2.24) is 0 Å². The summed E-state index contributed by atoms with van der Waals surface area (Å²) >= 11 is 0. The third-order valence-electron chi connectivity index (χ3n) is 2.13. The van der Waals surface area contributed by atoms with E-state index < -0.39 is 5.78 Å². The minimum atomic E-state index is -0.476. The first-order chi connectivity index (χ1) is 7.95. The maximum Gasteiger partial charge on any atom is 0.195 e. The van der Waals surface area contributed by atoms with E-state index in [0.29, 0.717) is 0 Å². The molecular formula is C12H16O5. The highest BCUT2D eigenvalue weighted by molar-refractivity contribution is 6.02. The fourth-order valence-corrected chi connectivity index (χ4v) is 1.30. The van der Waals surface area contributed by atoms with Gasteiger partial charge in [0.1, 0.15) is 29.4 Å². The monoisotopic (exact) mass is 240 g/mol. The number of benzene rings is 1. The number of phenols is 2. The second kappa shape index (κ2) is 5.54. The molecule has 0 aliphatic rings. The molecule has 0 bridgehead atoms. The van der Waals surface area contributed by atoms with Gasteiger partial charge in [0, 0.05) is 12.1 Å². The van der Waals surface area contributed by atoms with E-state index in [0.717, 1.165) is 0 Å². The van der Waals surface area contributed by atoms with E-state index in [1.807, 2.05) is 0 Å². The number of carbonyl (C=O) groups excluding carboxylic acids is 1. The van der Waals surface area contributed by atoms with Crippen molar-refractivity contribution in [3.63, 3.8) is 0 Å². The Bertz CT molecular complexity index is 388. The fraction of sp³-hybridized carbons (Fsp3) is 0.417. The van der Waals surface area contributed by atoms with E-state index in [-0.39, 0.29) is 35.5 Å². The SMILES string of the molecule is COc1cc(O)c(C(=O)COC(C)C)c(O)c1. The van der Waals surface area contributed by atoms with Crippen LogP contribution in [0, 0.1) is 0 Å². The number of ketones is 1. The molecule has 0 radical (unpaired) electrons. The topological polar surface area (TPSA) is 76.0 Å². The van der Waals surface area contributed by atoms with Crippen molar-refractivity contribution in [3.05, 3.63) is 17.7 Å². The molecule has 0 unspecified atom stereocenters. The highest BCUT2D eigenvalue weighted by atomic mass is 16.5. The van der Waals surface area contributed by atoms with E-state index in [9.17, 15) is 15.0 Å². The summed E-state index contributed by atoms with van der Waals surface area (Å²) in [7, 11) is 1.40. The molecule has 0 atom stereocenters. The van der Waals surface area contributed by atoms with Crippen LogP contribution >= 0.6 is 0 Å². The van der Waals surface area contributed by atoms with Gasteiger partial charge in [-0.3, -0.25) is 4.79 Å². The zero-order valence-electron chi connectivity index (χ0n) is 10.1. The Kier molecular flexibility index (Phi) is 4.34. The van der Waals surface area contributed by atoms with Crippen LogP contribution in [0.1, 0.15) is 24.2 Å². The van der Waals surface area contributed by atoms with Crippen molar-refractivity contribution in [3.8, 4) is 17.2 Å². The molecule has 5 heteroatoms. The van der Waals surface area contributed by atoms with Crippen molar-refractivity contribution in [1.29, 1.82) is 0 Å². The van der Waals surface area contributed by atoms with E-state index in [1.165, 1.54) is 19.2 Å². The third-order valence-corrected chi connectivity index (χ3v) is 2.13. The minimum absolute atomic E-state index is 0.0958. The lowest BCUT2D eigenvalue weighted by Gasteiger charge is -2.10. The van der Waals surface area contributed by atoms with Crippen LogP contribution in [0.15, 0.2) is 12.1 Å². The smallest absolute Gasteiger partial charge is 0.195 e. The average Bonchev–Trinajstić information content (AvgIpc) is 2.25. The van der Waals surface area contributed by atoms with Gasteiger partial charge in [-0.25, -0.2) is 0 Å². The molecule has 0 aliphatic carbocycles. The molecule has 0 aliphatic heterocycles. The first-order valence-corrected chi connectivity index (χ1v) is 5.20.